The number of ether oxygens (including phenoxy) is 3. The lowest BCUT2D eigenvalue weighted by atomic mass is 9.95. The molecule has 4 rings (SSSR count). The van der Waals surface area contributed by atoms with E-state index in [4.69, 9.17) is 14.2 Å². The number of nitrogens with one attached hydrogen (secondary N) is 2. The second-order valence-electron chi connectivity index (χ2n) is 7.38. The van der Waals surface area contributed by atoms with E-state index in [0.717, 1.165) is 5.39 Å². The van der Waals surface area contributed by atoms with Crippen LogP contribution in [0.5, 0.6) is 5.75 Å². The Morgan fingerprint density at radius 2 is 1.74 bits per heavy atom. The zero-order chi connectivity index (χ0) is 24.1. The van der Waals surface area contributed by atoms with E-state index in [1.807, 2.05) is 18.2 Å². The van der Waals surface area contributed by atoms with E-state index in [9.17, 15) is 14.4 Å². The van der Waals surface area contributed by atoms with Gasteiger partial charge in [-0.1, -0.05) is 36.4 Å². The molecule has 2 aromatic carbocycles. The van der Waals surface area contributed by atoms with Gasteiger partial charge in [0.25, 0.3) is 0 Å². The number of carbonyl (C=O) groups excluding carboxylic acids is 3. The van der Waals surface area contributed by atoms with Gasteiger partial charge < -0.3 is 24.8 Å². The molecule has 1 unspecified atom stereocenters. The number of nitrogens with zero attached hydrogens (tertiary/aromatic N) is 1. The zero-order valence-corrected chi connectivity index (χ0v) is 18.7. The highest BCUT2D eigenvalue weighted by Gasteiger charge is 2.34. The SMILES string of the molecule is CCOC(=O)C1=C(COC(=O)c2ccc3ccccc3n2)NC(=O)NC1c1ccc(OC)cc1. The van der Waals surface area contributed by atoms with Gasteiger partial charge in [-0.3, -0.25) is 0 Å². The summed E-state index contributed by atoms with van der Waals surface area (Å²) in [6.45, 7) is 1.47. The van der Waals surface area contributed by atoms with Crippen molar-refractivity contribution in [3.63, 3.8) is 0 Å². The summed E-state index contributed by atoms with van der Waals surface area (Å²) in [5.41, 5.74) is 1.68. The zero-order valence-electron chi connectivity index (χ0n) is 18.7. The van der Waals surface area contributed by atoms with E-state index in [1.165, 1.54) is 0 Å². The summed E-state index contributed by atoms with van der Waals surface area (Å²) in [7, 11) is 1.54. The van der Waals surface area contributed by atoms with Crippen LogP contribution in [0.2, 0.25) is 0 Å². The lowest BCUT2D eigenvalue weighted by Gasteiger charge is -2.29. The van der Waals surface area contributed by atoms with Crippen LogP contribution in [0.1, 0.15) is 29.0 Å². The van der Waals surface area contributed by atoms with E-state index >= 15 is 0 Å². The molecule has 9 heteroatoms. The maximum atomic E-state index is 12.8. The van der Waals surface area contributed by atoms with Gasteiger partial charge in [0.05, 0.1) is 36.5 Å². The van der Waals surface area contributed by atoms with Crippen LogP contribution in [0, 0.1) is 0 Å². The minimum atomic E-state index is -0.800. The van der Waals surface area contributed by atoms with Crippen LogP contribution in [-0.4, -0.2) is 43.3 Å². The molecule has 3 aromatic rings. The van der Waals surface area contributed by atoms with Crippen LogP contribution in [0.25, 0.3) is 10.9 Å². The number of benzene rings is 2. The van der Waals surface area contributed by atoms with E-state index in [1.54, 1.807) is 56.5 Å². The largest absolute Gasteiger partial charge is 0.497 e. The van der Waals surface area contributed by atoms with Gasteiger partial charge in [0.15, 0.2) is 0 Å². The van der Waals surface area contributed by atoms with Gasteiger partial charge in [-0.2, -0.15) is 0 Å². The molecule has 1 atom stereocenters. The molecule has 2 N–H and O–H groups in total. The van der Waals surface area contributed by atoms with E-state index in [0.29, 0.717) is 16.8 Å². The summed E-state index contributed by atoms with van der Waals surface area (Å²) in [4.78, 5) is 42.2. The molecule has 0 radical (unpaired) electrons. The fourth-order valence-corrected chi connectivity index (χ4v) is 3.62. The van der Waals surface area contributed by atoms with Gasteiger partial charge in [0.2, 0.25) is 0 Å². The number of esters is 2. The second-order valence-corrected chi connectivity index (χ2v) is 7.38. The van der Waals surface area contributed by atoms with E-state index < -0.39 is 24.0 Å². The molecule has 0 saturated heterocycles. The Morgan fingerprint density at radius 1 is 0.971 bits per heavy atom. The van der Waals surface area contributed by atoms with Gasteiger partial charge in [-0.25, -0.2) is 19.4 Å². The number of hydrogen-bond donors (Lipinski definition) is 2. The predicted octanol–water partition coefficient (Wildman–Crippen LogP) is 3.27. The summed E-state index contributed by atoms with van der Waals surface area (Å²) in [6.07, 6.45) is 0. The summed E-state index contributed by atoms with van der Waals surface area (Å²) < 4.78 is 15.8. The number of aromatic nitrogens is 1. The van der Waals surface area contributed by atoms with Crippen LogP contribution >= 0.6 is 0 Å². The first-order chi connectivity index (χ1) is 16.5. The topological polar surface area (TPSA) is 116 Å². The number of methoxy groups -OCH3 is 1. The summed E-state index contributed by atoms with van der Waals surface area (Å²) in [6, 6.07) is 16.3. The molecule has 0 saturated carbocycles. The molecule has 2 heterocycles. The Kier molecular flexibility index (Phi) is 6.72. The molecule has 34 heavy (non-hydrogen) atoms. The number of hydrogen-bond acceptors (Lipinski definition) is 7. The lowest BCUT2D eigenvalue weighted by molar-refractivity contribution is -0.139. The third-order valence-electron chi connectivity index (χ3n) is 5.25. The van der Waals surface area contributed by atoms with Crippen molar-refractivity contribution in [3.05, 3.63) is 83.2 Å². The van der Waals surface area contributed by atoms with Gasteiger partial charge in [-0.05, 0) is 36.8 Å². The minimum Gasteiger partial charge on any atom is -0.497 e. The Bertz CT molecular complexity index is 1270. The number of rotatable bonds is 7. The Labute approximate surface area is 195 Å². The highest BCUT2D eigenvalue weighted by atomic mass is 16.5. The van der Waals surface area contributed by atoms with Crippen LogP contribution in [0.15, 0.2) is 71.9 Å². The number of para-hydroxylation sites is 1. The Balaban J connectivity index is 1.62. The third kappa shape index (κ3) is 4.83. The molecule has 1 aromatic heterocycles. The van der Waals surface area contributed by atoms with E-state index in [2.05, 4.69) is 15.6 Å². The summed E-state index contributed by atoms with van der Waals surface area (Å²) >= 11 is 0. The predicted molar refractivity (Wildman–Crippen MR) is 123 cm³/mol. The van der Waals surface area contributed by atoms with Crippen LogP contribution < -0.4 is 15.4 Å². The molecule has 0 aliphatic carbocycles. The van der Waals surface area contributed by atoms with Gasteiger partial charge in [0.1, 0.15) is 18.1 Å². The smallest absolute Gasteiger partial charge is 0.357 e. The molecule has 0 bridgehead atoms. The maximum Gasteiger partial charge on any atom is 0.357 e. The number of amides is 2. The first-order valence-electron chi connectivity index (χ1n) is 10.6. The quantitative estimate of drug-likeness (QED) is 0.519. The number of fused-ring (bicyclic) bond motifs is 1. The third-order valence-corrected chi connectivity index (χ3v) is 5.25. The van der Waals surface area contributed by atoms with Crippen molar-refractivity contribution in [2.75, 3.05) is 20.3 Å². The molecule has 9 nitrogen and oxygen atoms in total. The van der Waals surface area contributed by atoms with Crippen LogP contribution in [0.4, 0.5) is 4.79 Å². The van der Waals surface area contributed by atoms with Crippen molar-refractivity contribution in [2.24, 2.45) is 0 Å². The molecule has 0 spiro atoms. The van der Waals surface area contributed by atoms with Crippen molar-refractivity contribution in [3.8, 4) is 5.75 Å². The molecule has 0 fully saturated rings. The molecule has 1 aliphatic rings. The average Bonchev–Trinajstić information content (AvgIpc) is 2.86. The normalized spacial score (nSPS) is 15.4. The maximum absolute atomic E-state index is 12.8. The first-order valence-corrected chi connectivity index (χ1v) is 10.6. The molecule has 2 amide bonds. The van der Waals surface area contributed by atoms with Crippen molar-refractivity contribution >= 4 is 28.9 Å². The van der Waals surface area contributed by atoms with Gasteiger partial charge in [-0.15, -0.1) is 0 Å². The first kappa shape index (κ1) is 22.8. The number of pyridine rings is 1. The molecule has 174 valence electrons. The van der Waals surface area contributed by atoms with Crippen LogP contribution in [-0.2, 0) is 14.3 Å². The average molecular weight is 461 g/mol. The molecular weight excluding hydrogens is 438 g/mol. The fraction of sp³-hybridized carbons (Fsp3) is 0.200. The van der Waals surface area contributed by atoms with Crippen molar-refractivity contribution < 1.29 is 28.6 Å². The second kappa shape index (κ2) is 10.0. The Morgan fingerprint density at radius 3 is 2.47 bits per heavy atom. The number of carbonyl (C=O) groups is 3. The van der Waals surface area contributed by atoms with E-state index in [-0.39, 0.29) is 30.2 Å². The van der Waals surface area contributed by atoms with Gasteiger partial charge >= 0.3 is 18.0 Å². The summed E-state index contributed by atoms with van der Waals surface area (Å²) in [5, 5.41) is 6.19. The summed E-state index contributed by atoms with van der Waals surface area (Å²) in [5.74, 6) is -0.691. The highest BCUT2D eigenvalue weighted by Crippen LogP contribution is 2.29. The monoisotopic (exact) mass is 461 g/mol. The standard InChI is InChI=1S/C25H23N3O6/c1-3-33-24(30)21-20(27-25(31)28-22(21)16-8-11-17(32-2)12-9-16)14-34-23(29)19-13-10-15-6-4-5-7-18(15)26-19/h4-13,22H,3,14H2,1-2H3,(H2,27,28,31). The highest BCUT2D eigenvalue weighted by molar-refractivity contribution is 5.95. The van der Waals surface area contributed by atoms with Gasteiger partial charge in [0, 0.05) is 5.39 Å². The lowest BCUT2D eigenvalue weighted by Crippen LogP contribution is -2.47. The van der Waals surface area contributed by atoms with Crippen molar-refractivity contribution in [2.45, 2.75) is 13.0 Å². The molecular formula is C25H23N3O6. The fourth-order valence-electron chi connectivity index (χ4n) is 3.62. The minimum absolute atomic E-state index is 0.115. The van der Waals surface area contributed by atoms with Crippen LogP contribution in [0.3, 0.4) is 0 Å². The van der Waals surface area contributed by atoms with Crippen molar-refractivity contribution in [1.82, 2.24) is 15.6 Å². The molecule has 1 aliphatic heterocycles. The van der Waals surface area contributed by atoms with Crippen molar-refractivity contribution in [1.29, 1.82) is 0 Å². The number of urea groups is 1. The Hall–Kier alpha value is -4.40.